The van der Waals surface area contributed by atoms with Crippen LogP contribution in [0.1, 0.15) is 11.1 Å². The van der Waals surface area contributed by atoms with E-state index in [0.717, 1.165) is 110 Å². The van der Waals surface area contributed by atoms with E-state index in [0.29, 0.717) is 16.8 Å². The second-order valence-electron chi connectivity index (χ2n) is 17.5. The van der Waals surface area contributed by atoms with Crippen molar-refractivity contribution >= 4 is 87.2 Å². The fourth-order valence-corrected chi connectivity index (χ4v) is 11.2. The molecule has 0 fully saturated rings. The van der Waals surface area contributed by atoms with E-state index in [1.807, 2.05) is 18.2 Å². The van der Waals surface area contributed by atoms with Crippen LogP contribution in [0.3, 0.4) is 0 Å². The number of rotatable bonds is 5. The topological polar surface area (TPSA) is 67.3 Å². The quantitative estimate of drug-likeness (QED) is 0.173. The van der Waals surface area contributed by atoms with Gasteiger partial charge in [0.15, 0.2) is 0 Å². The Morgan fingerprint density at radius 2 is 0.603 bits per heavy atom. The minimum absolute atomic E-state index is 0.396. The zero-order valence-electron chi connectivity index (χ0n) is 36.5. The first-order chi connectivity index (χ1) is 33.7. The van der Waals surface area contributed by atoms with Crippen molar-refractivity contribution in [1.82, 2.24) is 18.3 Å². The van der Waals surface area contributed by atoms with Crippen LogP contribution in [0.4, 0.5) is 0 Å². The Balaban J connectivity index is 1.21. The Morgan fingerprint density at radius 1 is 0.265 bits per heavy atom. The molecule has 0 aliphatic carbocycles. The largest absolute Gasteiger partial charge is 0.309 e. The molecular weight excluding hydrogens is 829 g/mol. The summed E-state index contributed by atoms with van der Waals surface area (Å²) in [7, 11) is 0. The number of nitriles is 2. The molecule has 0 saturated carbocycles. The SMILES string of the molecule is N#Cc1cc(C#N)c(-n2c3ccccc3c3cc4c5ccccc5n(-c5ccccc5)c4cc32)c(-n2c3ccccc3c3cc4c5ccccc5n(-c5ccccc5)c4cc32)c1-c1ccccc1. The normalized spacial score (nSPS) is 11.8. The van der Waals surface area contributed by atoms with Crippen molar-refractivity contribution in [2.24, 2.45) is 0 Å². The van der Waals surface area contributed by atoms with E-state index in [2.05, 4.69) is 225 Å². The number of fused-ring (bicyclic) bond motifs is 12. The summed E-state index contributed by atoms with van der Waals surface area (Å²) >= 11 is 0. The van der Waals surface area contributed by atoms with E-state index in [1.165, 1.54) is 5.39 Å². The van der Waals surface area contributed by atoms with Gasteiger partial charge in [-0.25, -0.2) is 0 Å². The molecule has 68 heavy (non-hydrogen) atoms. The fourth-order valence-electron chi connectivity index (χ4n) is 11.2. The van der Waals surface area contributed by atoms with Crippen LogP contribution < -0.4 is 0 Å². The molecule has 6 heteroatoms. The van der Waals surface area contributed by atoms with Gasteiger partial charge in [-0.1, -0.05) is 140 Å². The molecule has 6 nitrogen and oxygen atoms in total. The van der Waals surface area contributed by atoms with Gasteiger partial charge in [0.1, 0.15) is 6.07 Å². The van der Waals surface area contributed by atoms with Gasteiger partial charge in [0, 0.05) is 60.0 Å². The molecule has 10 aromatic carbocycles. The van der Waals surface area contributed by atoms with E-state index in [9.17, 15) is 10.5 Å². The Kier molecular flexibility index (Phi) is 8.01. The average Bonchev–Trinajstić information content (AvgIpc) is 4.11. The van der Waals surface area contributed by atoms with Crippen LogP contribution >= 0.6 is 0 Å². The predicted octanol–water partition coefficient (Wildman–Crippen LogP) is 15.5. The summed E-state index contributed by atoms with van der Waals surface area (Å²) in [4.78, 5) is 0. The molecule has 0 unspecified atom stereocenters. The molecule has 4 aromatic heterocycles. The van der Waals surface area contributed by atoms with Crippen molar-refractivity contribution in [1.29, 1.82) is 10.5 Å². The van der Waals surface area contributed by atoms with Crippen LogP contribution in [0.2, 0.25) is 0 Å². The van der Waals surface area contributed by atoms with Gasteiger partial charge in [-0.15, -0.1) is 0 Å². The summed E-state index contributed by atoms with van der Waals surface area (Å²) in [6.07, 6.45) is 0. The van der Waals surface area contributed by atoms with Crippen molar-refractivity contribution in [2.75, 3.05) is 0 Å². The monoisotopic (exact) mass is 864 g/mol. The van der Waals surface area contributed by atoms with Crippen LogP contribution in [0.15, 0.2) is 218 Å². The van der Waals surface area contributed by atoms with Gasteiger partial charge >= 0.3 is 0 Å². The molecule has 14 aromatic rings. The maximum Gasteiger partial charge on any atom is 0.101 e. The lowest BCUT2D eigenvalue weighted by Crippen LogP contribution is -2.10. The lowest BCUT2D eigenvalue weighted by Gasteiger charge is -2.23. The Morgan fingerprint density at radius 3 is 1.01 bits per heavy atom. The lowest BCUT2D eigenvalue weighted by atomic mass is 9.93. The van der Waals surface area contributed by atoms with Gasteiger partial charge in [0.25, 0.3) is 0 Å². The number of hydrogen-bond donors (Lipinski definition) is 0. The second-order valence-corrected chi connectivity index (χ2v) is 17.5. The van der Waals surface area contributed by atoms with Crippen LogP contribution in [-0.2, 0) is 0 Å². The molecule has 0 N–H and O–H groups in total. The first kappa shape index (κ1) is 37.7. The van der Waals surface area contributed by atoms with Gasteiger partial charge < -0.3 is 18.3 Å². The third-order valence-corrected chi connectivity index (χ3v) is 14.0. The van der Waals surface area contributed by atoms with E-state index in [4.69, 9.17) is 0 Å². The number of hydrogen-bond acceptors (Lipinski definition) is 2. The molecule has 0 aliphatic rings. The van der Waals surface area contributed by atoms with Gasteiger partial charge in [-0.2, -0.15) is 10.5 Å². The maximum absolute atomic E-state index is 11.5. The number of benzene rings is 10. The maximum atomic E-state index is 11.5. The molecule has 0 aliphatic heterocycles. The summed E-state index contributed by atoms with van der Waals surface area (Å²) < 4.78 is 9.31. The highest BCUT2D eigenvalue weighted by atomic mass is 15.1. The third-order valence-electron chi connectivity index (χ3n) is 14.0. The van der Waals surface area contributed by atoms with Crippen molar-refractivity contribution in [3.63, 3.8) is 0 Å². The molecule has 0 amide bonds. The van der Waals surface area contributed by atoms with Crippen molar-refractivity contribution < 1.29 is 0 Å². The fraction of sp³-hybridized carbons (Fsp3) is 0. The van der Waals surface area contributed by atoms with Crippen molar-refractivity contribution in [2.45, 2.75) is 0 Å². The van der Waals surface area contributed by atoms with Gasteiger partial charge in [-0.05, 0) is 84.4 Å². The predicted molar refractivity (Wildman–Crippen MR) is 279 cm³/mol. The third kappa shape index (κ3) is 5.20. The zero-order chi connectivity index (χ0) is 45.0. The Bertz CT molecular complexity index is 4500. The smallest absolute Gasteiger partial charge is 0.101 e. The molecule has 0 atom stereocenters. The standard InChI is InChI=1S/C62H36N6/c63-37-40-32-41(38-64)61(67-54-30-16-12-26-46(54)50-33-48-44-24-10-14-28-52(44)65(56(48)35-58(50)67)42-20-6-2-7-21-42)62(60(40)39-18-4-1-5-19-39)68-55-31-17-13-27-47(55)51-34-49-45-25-11-15-29-53(45)66(57(49)36-59(51)68)43-22-8-3-9-23-43/h1-36H. The Labute approximate surface area is 389 Å². The number of aromatic nitrogens is 4. The van der Waals surface area contributed by atoms with Gasteiger partial charge in [0.2, 0.25) is 0 Å². The molecule has 0 radical (unpaired) electrons. The molecule has 0 spiro atoms. The van der Waals surface area contributed by atoms with Crippen LogP contribution in [0.25, 0.3) is 121 Å². The van der Waals surface area contributed by atoms with Gasteiger partial charge in [0.05, 0.1) is 72.7 Å². The number of nitrogens with zero attached hydrogens (tertiary/aromatic N) is 6. The summed E-state index contributed by atoms with van der Waals surface area (Å²) in [6.45, 7) is 0. The first-order valence-electron chi connectivity index (χ1n) is 22.8. The highest BCUT2D eigenvalue weighted by molar-refractivity contribution is 6.22. The van der Waals surface area contributed by atoms with E-state index in [-0.39, 0.29) is 0 Å². The summed E-state index contributed by atoms with van der Waals surface area (Å²) in [6, 6.07) is 81.8. The summed E-state index contributed by atoms with van der Waals surface area (Å²) in [5.41, 5.74) is 14.2. The second kappa shape index (κ2) is 14.4. The molecule has 4 heterocycles. The molecule has 0 saturated heterocycles. The van der Waals surface area contributed by atoms with E-state index < -0.39 is 0 Å². The molecule has 314 valence electrons. The zero-order valence-corrected chi connectivity index (χ0v) is 36.5. The lowest BCUT2D eigenvalue weighted by molar-refractivity contribution is 1.09. The first-order valence-corrected chi connectivity index (χ1v) is 22.8. The van der Waals surface area contributed by atoms with Gasteiger partial charge in [-0.3, -0.25) is 0 Å². The highest BCUT2D eigenvalue weighted by Gasteiger charge is 2.29. The average molecular weight is 865 g/mol. The summed E-state index contributed by atoms with van der Waals surface area (Å²) in [5.74, 6) is 0. The van der Waals surface area contributed by atoms with E-state index >= 15 is 0 Å². The highest BCUT2D eigenvalue weighted by Crippen LogP contribution is 2.47. The minimum atomic E-state index is 0.396. The molecule has 0 bridgehead atoms. The number of para-hydroxylation sites is 6. The van der Waals surface area contributed by atoms with Crippen LogP contribution in [0.5, 0.6) is 0 Å². The van der Waals surface area contributed by atoms with Crippen molar-refractivity contribution in [3.05, 3.63) is 230 Å². The van der Waals surface area contributed by atoms with Crippen molar-refractivity contribution in [3.8, 4) is 46.0 Å². The summed E-state index contributed by atoms with van der Waals surface area (Å²) in [5, 5.41) is 31.7. The molecule has 14 rings (SSSR count). The Hall–Kier alpha value is -9.62. The van der Waals surface area contributed by atoms with E-state index in [1.54, 1.807) is 6.07 Å². The van der Waals surface area contributed by atoms with Crippen LogP contribution in [0, 0.1) is 22.7 Å². The van der Waals surface area contributed by atoms with Crippen LogP contribution in [-0.4, -0.2) is 18.3 Å². The minimum Gasteiger partial charge on any atom is -0.309 e. The molecular formula is C62H36N6.